The Kier molecular flexibility index (Phi) is 7.57. The molecule has 180 valence electrons. The third-order valence-corrected chi connectivity index (χ3v) is 5.94. The van der Waals surface area contributed by atoms with Gasteiger partial charge >= 0.3 is 0 Å². The number of aliphatic hydroxyl groups excluding tert-OH is 1. The van der Waals surface area contributed by atoms with Crippen LogP contribution in [0.5, 0.6) is 5.75 Å². The molecule has 4 rings (SSSR count). The van der Waals surface area contributed by atoms with Gasteiger partial charge in [0.05, 0.1) is 11.6 Å². The molecular weight excluding hydrogens is 442 g/mol. The molecule has 0 aliphatic carbocycles. The first kappa shape index (κ1) is 24.2. The lowest BCUT2D eigenvalue weighted by Gasteiger charge is -2.25. The van der Waals surface area contributed by atoms with Gasteiger partial charge in [0.15, 0.2) is 0 Å². The van der Waals surface area contributed by atoms with Gasteiger partial charge in [0.2, 0.25) is 0 Å². The summed E-state index contributed by atoms with van der Waals surface area (Å²) in [5, 5.41) is 11.2. The van der Waals surface area contributed by atoms with Crippen LogP contribution in [0.2, 0.25) is 0 Å². The Bertz CT molecular complexity index is 1190. The number of ketones is 1. The molecule has 1 aliphatic rings. The number of likely N-dealkylation sites (tertiary alicyclic amines) is 1. The fourth-order valence-corrected chi connectivity index (χ4v) is 4.17. The molecular formula is C28H29N3O4. The van der Waals surface area contributed by atoms with Crippen molar-refractivity contribution in [1.82, 2.24) is 14.8 Å². The number of Topliss-reactive ketones (excluding diaryl/α,β-unsaturated/α-hetero) is 1. The second kappa shape index (κ2) is 11.0. The molecule has 0 spiro atoms. The highest BCUT2D eigenvalue weighted by molar-refractivity contribution is 6.46. The molecule has 7 heteroatoms. The summed E-state index contributed by atoms with van der Waals surface area (Å²) in [5.74, 6) is -0.844. The van der Waals surface area contributed by atoms with Crippen LogP contribution in [0, 0.1) is 0 Å². The SMILES string of the molecule is CN(C)CCCN1C(=O)C(=O)/C(=C(/O)c2ccc(OCc3ccccc3)cc2)[C@H]1c1ccncc1. The second-order valence-electron chi connectivity index (χ2n) is 8.73. The van der Waals surface area contributed by atoms with Crippen molar-refractivity contribution < 1.29 is 19.4 Å². The normalized spacial score (nSPS) is 17.2. The molecule has 2 heterocycles. The Morgan fingerprint density at radius 2 is 1.69 bits per heavy atom. The maximum absolute atomic E-state index is 13.1. The fourth-order valence-electron chi connectivity index (χ4n) is 4.17. The lowest BCUT2D eigenvalue weighted by molar-refractivity contribution is -0.139. The van der Waals surface area contributed by atoms with Crippen LogP contribution in [0.1, 0.15) is 29.2 Å². The Morgan fingerprint density at radius 1 is 1.00 bits per heavy atom. The van der Waals surface area contributed by atoms with Crippen molar-refractivity contribution in [1.29, 1.82) is 0 Å². The number of carbonyl (C=O) groups excluding carboxylic acids is 2. The zero-order valence-corrected chi connectivity index (χ0v) is 19.9. The van der Waals surface area contributed by atoms with Crippen LogP contribution < -0.4 is 4.74 Å². The van der Waals surface area contributed by atoms with Crippen molar-refractivity contribution in [3.63, 3.8) is 0 Å². The lowest BCUT2D eigenvalue weighted by Crippen LogP contribution is -2.32. The summed E-state index contributed by atoms with van der Waals surface area (Å²) >= 11 is 0. The topological polar surface area (TPSA) is 83.0 Å². The molecule has 1 amide bonds. The first-order chi connectivity index (χ1) is 17.0. The number of rotatable bonds is 9. The zero-order chi connectivity index (χ0) is 24.8. The van der Waals surface area contributed by atoms with Gasteiger partial charge in [-0.25, -0.2) is 0 Å². The van der Waals surface area contributed by atoms with Gasteiger partial charge < -0.3 is 19.6 Å². The zero-order valence-electron chi connectivity index (χ0n) is 19.9. The quantitative estimate of drug-likeness (QED) is 0.288. The summed E-state index contributed by atoms with van der Waals surface area (Å²) in [5.41, 5.74) is 2.31. The van der Waals surface area contributed by atoms with Gasteiger partial charge in [0, 0.05) is 24.5 Å². The number of aromatic nitrogens is 1. The molecule has 1 atom stereocenters. The average Bonchev–Trinajstić information content (AvgIpc) is 3.13. The van der Waals surface area contributed by atoms with Crippen LogP contribution in [0.4, 0.5) is 0 Å². The van der Waals surface area contributed by atoms with Crippen LogP contribution in [-0.4, -0.2) is 58.8 Å². The Morgan fingerprint density at radius 3 is 2.34 bits per heavy atom. The highest BCUT2D eigenvalue weighted by Gasteiger charge is 2.45. The van der Waals surface area contributed by atoms with E-state index in [0.29, 0.717) is 30.9 Å². The first-order valence-electron chi connectivity index (χ1n) is 11.6. The molecule has 1 fully saturated rings. The van der Waals surface area contributed by atoms with Gasteiger partial charge in [-0.2, -0.15) is 0 Å². The first-order valence-corrected chi connectivity index (χ1v) is 11.6. The highest BCUT2D eigenvalue weighted by Crippen LogP contribution is 2.39. The van der Waals surface area contributed by atoms with Gasteiger partial charge in [-0.3, -0.25) is 14.6 Å². The van der Waals surface area contributed by atoms with Crippen molar-refractivity contribution >= 4 is 17.4 Å². The van der Waals surface area contributed by atoms with Gasteiger partial charge in [-0.05, 0) is 74.6 Å². The van der Waals surface area contributed by atoms with Crippen LogP contribution in [0.15, 0.2) is 84.7 Å². The van der Waals surface area contributed by atoms with Gasteiger partial charge in [-0.15, -0.1) is 0 Å². The summed E-state index contributed by atoms with van der Waals surface area (Å²) in [6, 6.07) is 19.6. The van der Waals surface area contributed by atoms with E-state index >= 15 is 0 Å². The number of nitrogens with zero attached hydrogens (tertiary/aromatic N) is 3. The molecule has 1 saturated heterocycles. The van der Waals surface area contributed by atoms with E-state index in [9.17, 15) is 14.7 Å². The second-order valence-corrected chi connectivity index (χ2v) is 8.73. The highest BCUT2D eigenvalue weighted by atomic mass is 16.5. The Labute approximate surface area is 205 Å². The van der Waals surface area contributed by atoms with Crippen LogP contribution in [0.25, 0.3) is 5.76 Å². The summed E-state index contributed by atoms with van der Waals surface area (Å²) in [7, 11) is 3.92. The average molecular weight is 472 g/mol. The standard InChI is InChI=1S/C28H29N3O4/c1-30(2)17-6-18-31-25(21-13-15-29-16-14-21)24(27(33)28(31)34)26(32)22-9-11-23(12-10-22)35-19-20-7-4-3-5-8-20/h3-5,7-16,25,32H,6,17-19H2,1-2H3/b26-24+/t25-/m1/s1. The van der Waals surface area contributed by atoms with Gasteiger partial charge in [0.25, 0.3) is 11.7 Å². The number of aliphatic hydroxyl groups is 1. The molecule has 3 aromatic rings. The van der Waals surface area contributed by atoms with Crippen LogP contribution >= 0.6 is 0 Å². The molecule has 7 nitrogen and oxygen atoms in total. The van der Waals surface area contributed by atoms with Gasteiger partial charge in [-0.1, -0.05) is 30.3 Å². The third kappa shape index (κ3) is 5.58. The predicted molar refractivity (Wildman–Crippen MR) is 134 cm³/mol. The maximum Gasteiger partial charge on any atom is 0.295 e. The van der Waals surface area contributed by atoms with Crippen molar-refractivity contribution in [2.75, 3.05) is 27.2 Å². The molecule has 1 aromatic heterocycles. The molecule has 0 unspecified atom stereocenters. The van der Waals surface area contributed by atoms with Crippen molar-refractivity contribution in [2.45, 2.75) is 19.1 Å². The van der Waals surface area contributed by atoms with E-state index in [2.05, 4.69) is 4.98 Å². The number of carbonyl (C=O) groups is 2. The van der Waals surface area contributed by atoms with Gasteiger partial charge in [0.1, 0.15) is 18.1 Å². The predicted octanol–water partition coefficient (Wildman–Crippen LogP) is 4.03. The Hall–Kier alpha value is -3.97. The van der Waals surface area contributed by atoms with E-state index in [1.807, 2.05) is 49.3 Å². The minimum atomic E-state index is -0.682. The number of pyridine rings is 1. The number of hydrogen-bond acceptors (Lipinski definition) is 6. The monoisotopic (exact) mass is 471 g/mol. The minimum absolute atomic E-state index is 0.0870. The number of hydrogen-bond donors (Lipinski definition) is 1. The molecule has 1 N–H and O–H groups in total. The van der Waals surface area contributed by atoms with Crippen molar-refractivity contribution in [2.24, 2.45) is 0 Å². The summed E-state index contributed by atoms with van der Waals surface area (Å²) in [4.78, 5) is 33.7. The maximum atomic E-state index is 13.1. The largest absolute Gasteiger partial charge is 0.507 e. The molecule has 0 bridgehead atoms. The molecule has 1 aliphatic heterocycles. The number of ether oxygens (including phenoxy) is 1. The molecule has 2 aromatic carbocycles. The molecule has 35 heavy (non-hydrogen) atoms. The van der Waals surface area contributed by atoms with E-state index in [0.717, 1.165) is 17.7 Å². The Balaban J connectivity index is 1.61. The van der Waals surface area contributed by atoms with Crippen LogP contribution in [0.3, 0.4) is 0 Å². The summed E-state index contributed by atoms with van der Waals surface area (Å²) in [6.45, 7) is 1.60. The molecule has 0 radical (unpaired) electrons. The third-order valence-electron chi connectivity index (χ3n) is 5.94. The van der Waals surface area contributed by atoms with E-state index in [-0.39, 0.29) is 11.3 Å². The summed E-state index contributed by atoms with van der Waals surface area (Å²) in [6.07, 6.45) is 3.94. The van der Waals surface area contributed by atoms with E-state index < -0.39 is 17.7 Å². The summed E-state index contributed by atoms with van der Waals surface area (Å²) < 4.78 is 5.82. The van der Waals surface area contributed by atoms with Crippen molar-refractivity contribution in [3.05, 3.63) is 101 Å². The number of benzene rings is 2. The van der Waals surface area contributed by atoms with E-state index in [4.69, 9.17) is 4.74 Å². The van der Waals surface area contributed by atoms with Crippen LogP contribution in [-0.2, 0) is 16.2 Å². The van der Waals surface area contributed by atoms with E-state index in [1.54, 1.807) is 53.7 Å². The number of amides is 1. The molecule has 0 saturated carbocycles. The van der Waals surface area contributed by atoms with E-state index in [1.165, 1.54) is 0 Å². The lowest BCUT2D eigenvalue weighted by atomic mass is 9.96. The van der Waals surface area contributed by atoms with Crippen molar-refractivity contribution in [3.8, 4) is 5.75 Å². The fraction of sp³-hybridized carbons (Fsp3) is 0.250. The minimum Gasteiger partial charge on any atom is -0.507 e. The smallest absolute Gasteiger partial charge is 0.295 e.